The highest BCUT2D eigenvalue weighted by Gasteiger charge is 2.26. The van der Waals surface area contributed by atoms with Crippen LogP contribution in [-0.4, -0.2) is 36.4 Å². The van der Waals surface area contributed by atoms with Crippen molar-refractivity contribution in [1.29, 1.82) is 0 Å². The molecule has 0 aliphatic carbocycles. The third-order valence-electron chi connectivity index (χ3n) is 6.05. The van der Waals surface area contributed by atoms with Gasteiger partial charge >= 0.3 is 5.97 Å². The number of nitrogens with one attached hydrogen (secondary N) is 2. The van der Waals surface area contributed by atoms with Gasteiger partial charge in [0.1, 0.15) is 5.69 Å². The second kappa shape index (κ2) is 13.9. The molecule has 0 spiro atoms. The van der Waals surface area contributed by atoms with Gasteiger partial charge in [0.2, 0.25) is 10.0 Å². The summed E-state index contributed by atoms with van der Waals surface area (Å²) in [6, 6.07) is 13.2. The zero-order valence-corrected chi connectivity index (χ0v) is 22.9. The SMILES string of the molecule is CC.CCC[C@H](NS(=O)(=O)c1ccc(NC(=O)c2ncccc2C)c2ccccc12)C(C)CCC(=O)O. The summed E-state index contributed by atoms with van der Waals surface area (Å²) in [7, 11) is -3.92. The van der Waals surface area contributed by atoms with E-state index in [0.29, 0.717) is 35.0 Å². The van der Waals surface area contributed by atoms with Crippen molar-refractivity contribution in [3.8, 4) is 0 Å². The molecular formula is C28H37N3O5S. The molecule has 1 heterocycles. The topological polar surface area (TPSA) is 125 Å². The molecule has 9 heteroatoms. The van der Waals surface area contributed by atoms with Crippen molar-refractivity contribution in [3.05, 3.63) is 66.0 Å². The summed E-state index contributed by atoms with van der Waals surface area (Å²) in [5, 5.41) is 12.9. The Labute approximate surface area is 219 Å². The largest absolute Gasteiger partial charge is 0.481 e. The van der Waals surface area contributed by atoms with E-state index in [1.807, 2.05) is 27.7 Å². The van der Waals surface area contributed by atoms with E-state index in [2.05, 4.69) is 15.0 Å². The Balaban J connectivity index is 0.00000235. The fraction of sp³-hybridized carbons (Fsp3) is 0.393. The van der Waals surface area contributed by atoms with Crippen LogP contribution in [-0.2, 0) is 14.8 Å². The minimum Gasteiger partial charge on any atom is -0.481 e. The zero-order valence-electron chi connectivity index (χ0n) is 22.1. The Kier molecular flexibility index (Phi) is 11.2. The number of aliphatic carboxylic acids is 1. The van der Waals surface area contributed by atoms with Gasteiger partial charge in [-0.1, -0.05) is 64.4 Å². The van der Waals surface area contributed by atoms with Crippen LogP contribution in [0, 0.1) is 12.8 Å². The van der Waals surface area contributed by atoms with Crippen molar-refractivity contribution in [2.45, 2.75) is 71.2 Å². The number of hydrogen-bond acceptors (Lipinski definition) is 5. The lowest BCUT2D eigenvalue weighted by Gasteiger charge is -2.25. The molecule has 8 nitrogen and oxygen atoms in total. The fourth-order valence-corrected chi connectivity index (χ4v) is 5.70. The number of aromatic nitrogens is 1. The number of anilines is 1. The molecule has 0 saturated heterocycles. The molecule has 2 atom stereocenters. The average molecular weight is 528 g/mol. The molecule has 0 aliphatic rings. The van der Waals surface area contributed by atoms with Gasteiger partial charge in [-0.25, -0.2) is 13.1 Å². The Morgan fingerprint density at radius 1 is 1.00 bits per heavy atom. The molecule has 0 fully saturated rings. The third kappa shape index (κ3) is 7.84. The van der Waals surface area contributed by atoms with Gasteiger partial charge in [-0.05, 0) is 49.4 Å². The standard InChI is InChI=1S/C26H31N3O5S.C2H6/c1-4-8-21(17(2)12-15-24(30)31)29-35(33,34)23-14-13-22(19-10-5-6-11-20(19)23)28-26(32)25-18(3)9-7-16-27-25;1-2/h5-7,9-11,13-14,16-17,21,29H,4,8,12,15H2,1-3H3,(H,28,32)(H,30,31);1-2H3/t17?,21-;/m0./s1. The molecule has 3 aromatic rings. The molecule has 3 N–H and O–H groups in total. The number of carboxylic acid groups (broad SMARTS) is 1. The van der Waals surface area contributed by atoms with Gasteiger partial charge < -0.3 is 10.4 Å². The van der Waals surface area contributed by atoms with Gasteiger partial charge in [0, 0.05) is 35.1 Å². The Morgan fingerprint density at radius 2 is 1.68 bits per heavy atom. The van der Waals surface area contributed by atoms with E-state index in [1.165, 1.54) is 6.07 Å². The quantitative estimate of drug-likeness (QED) is 0.291. The van der Waals surface area contributed by atoms with Gasteiger partial charge in [0.25, 0.3) is 5.91 Å². The van der Waals surface area contributed by atoms with Crippen LogP contribution in [0.4, 0.5) is 5.69 Å². The molecule has 1 amide bonds. The summed E-state index contributed by atoms with van der Waals surface area (Å²) >= 11 is 0. The van der Waals surface area contributed by atoms with Gasteiger partial charge in [0.05, 0.1) is 4.90 Å². The lowest BCUT2D eigenvalue weighted by Crippen LogP contribution is -2.39. The number of aryl methyl sites for hydroxylation is 1. The number of carbonyl (C=O) groups excluding carboxylic acids is 1. The van der Waals surface area contributed by atoms with Crippen molar-refractivity contribution < 1.29 is 23.1 Å². The maximum absolute atomic E-state index is 13.4. The molecule has 0 aliphatic heterocycles. The lowest BCUT2D eigenvalue weighted by atomic mass is 9.94. The summed E-state index contributed by atoms with van der Waals surface area (Å²) in [6.45, 7) is 9.62. The number of pyridine rings is 1. The first kappa shape index (κ1) is 29.9. The number of rotatable bonds is 11. The predicted molar refractivity (Wildman–Crippen MR) is 147 cm³/mol. The smallest absolute Gasteiger partial charge is 0.303 e. The molecule has 200 valence electrons. The number of carboxylic acids is 1. The molecule has 0 bridgehead atoms. The Morgan fingerprint density at radius 3 is 2.30 bits per heavy atom. The highest BCUT2D eigenvalue weighted by atomic mass is 32.2. The second-order valence-corrected chi connectivity index (χ2v) is 10.4. The van der Waals surface area contributed by atoms with Crippen LogP contribution in [0.15, 0.2) is 59.6 Å². The van der Waals surface area contributed by atoms with Crippen molar-refractivity contribution in [2.75, 3.05) is 5.32 Å². The monoisotopic (exact) mass is 527 g/mol. The van der Waals surface area contributed by atoms with Gasteiger partial charge in [-0.3, -0.25) is 14.6 Å². The number of carbonyl (C=O) groups is 2. The summed E-state index contributed by atoms with van der Waals surface area (Å²) < 4.78 is 29.7. The maximum atomic E-state index is 13.4. The van der Waals surface area contributed by atoms with E-state index in [1.54, 1.807) is 55.6 Å². The summed E-state index contributed by atoms with van der Waals surface area (Å²) in [4.78, 5) is 28.1. The van der Waals surface area contributed by atoms with Crippen LogP contribution >= 0.6 is 0 Å². The van der Waals surface area contributed by atoms with E-state index >= 15 is 0 Å². The highest BCUT2D eigenvalue weighted by Crippen LogP contribution is 2.30. The summed E-state index contributed by atoms with van der Waals surface area (Å²) in [5.74, 6) is -1.43. The average Bonchev–Trinajstić information content (AvgIpc) is 2.88. The first-order valence-electron chi connectivity index (χ1n) is 12.6. The summed E-state index contributed by atoms with van der Waals surface area (Å²) in [5.41, 5.74) is 1.51. The molecule has 1 unspecified atom stereocenters. The molecule has 37 heavy (non-hydrogen) atoms. The minimum absolute atomic E-state index is 0.0177. The van der Waals surface area contributed by atoms with Crippen LogP contribution in [0.5, 0.6) is 0 Å². The van der Waals surface area contributed by atoms with Crippen LogP contribution < -0.4 is 10.0 Å². The molecule has 1 aromatic heterocycles. The lowest BCUT2D eigenvalue weighted by molar-refractivity contribution is -0.137. The van der Waals surface area contributed by atoms with Gasteiger partial charge in [-0.15, -0.1) is 0 Å². The molecule has 0 radical (unpaired) electrons. The van der Waals surface area contributed by atoms with Crippen molar-refractivity contribution in [3.63, 3.8) is 0 Å². The number of nitrogens with zero attached hydrogens (tertiary/aromatic N) is 1. The number of sulfonamides is 1. The third-order valence-corrected chi connectivity index (χ3v) is 7.60. The van der Waals surface area contributed by atoms with Crippen LogP contribution in [0.2, 0.25) is 0 Å². The van der Waals surface area contributed by atoms with Crippen molar-refractivity contribution in [2.24, 2.45) is 5.92 Å². The van der Waals surface area contributed by atoms with Gasteiger partial charge in [-0.2, -0.15) is 0 Å². The number of hydrogen-bond donors (Lipinski definition) is 3. The van der Waals surface area contributed by atoms with E-state index in [4.69, 9.17) is 5.11 Å². The molecule has 2 aromatic carbocycles. The summed E-state index contributed by atoms with van der Waals surface area (Å²) in [6.07, 6.45) is 3.25. The maximum Gasteiger partial charge on any atom is 0.303 e. The number of benzene rings is 2. The first-order valence-corrected chi connectivity index (χ1v) is 14.1. The molecule has 0 saturated carbocycles. The van der Waals surface area contributed by atoms with E-state index in [9.17, 15) is 18.0 Å². The van der Waals surface area contributed by atoms with Crippen molar-refractivity contribution in [1.82, 2.24) is 9.71 Å². The van der Waals surface area contributed by atoms with E-state index in [-0.39, 0.29) is 23.1 Å². The van der Waals surface area contributed by atoms with Crippen molar-refractivity contribution >= 4 is 38.4 Å². The molecular weight excluding hydrogens is 490 g/mol. The van der Waals surface area contributed by atoms with E-state index < -0.39 is 22.0 Å². The normalized spacial score (nSPS) is 12.8. The van der Waals surface area contributed by atoms with Crippen LogP contribution in [0.3, 0.4) is 0 Å². The van der Waals surface area contributed by atoms with Crippen LogP contribution in [0.1, 0.15) is 69.4 Å². The second-order valence-electron chi connectivity index (χ2n) is 8.71. The van der Waals surface area contributed by atoms with E-state index in [0.717, 1.165) is 12.0 Å². The Hall–Kier alpha value is -3.30. The predicted octanol–water partition coefficient (Wildman–Crippen LogP) is 5.77. The van der Waals surface area contributed by atoms with Gasteiger partial charge in [0.15, 0.2) is 0 Å². The first-order chi connectivity index (χ1) is 17.6. The zero-order chi connectivity index (χ0) is 27.6. The Bertz CT molecular complexity index is 1320. The highest BCUT2D eigenvalue weighted by molar-refractivity contribution is 7.89. The minimum atomic E-state index is -3.92. The molecule has 3 rings (SSSR count). The number of amides is 1. The fourth-order valence-electron chi connectivity index (χ4n) is 4.11. The van der Waals surface area contributed by atoms with Crippen LogP contribution in [0.25, 0.3) is 10.8 Å². The number of fused-ring (bicyclic) bond motifs is 1.